The summed E-state index contributed by atoms with van der Waals surface area (Å²) in [5.74, 6) is -0.117. The maximum atomic E-state index is 12.3. The van der Waals surface area contributed by atoms with Gasteiger partial charge in [-0.05, 0) is 19.3 Å². The molecule has 10 nitrogen and oxygen atoms in total. The molecule has 3 unspecified atom stereocenters. The molecule has 0 spiro atoms. The monoisotopic (exact) mass is 482 g/mol. The number of amides is 1. The summed E-state index contributed by atoms with van der Waals surface area (Å²) in [6.07, 6.45) is -2.49. The lowest BCUT2D eigenvalue weighted by atomic mass is 9.99. The Bertz CT molecular complexity index is 596. The molecule has 5 N–H and O–H groups in total. The molecule has 1 amide bonds. The second kappa shape index (κ2) is 14.0. The van der Waals surface area contributed by atoms with Crippen LogP contribution >= 0.6 is 7.37 Å². The molecular formula is C21H41NO9P-. The number of carbonyl (C=O) groups excluding carboxylic acids is 1. The quantitative estimate of drug-likeness (QED) is 0.139. The minimum atomic E-state index is -2.86. The second-order valence-corrected chi connectivity index (χ2v) is 12.1. The van der Waals surface area contributed by atoms with Gasteiger partial charge in [-0.15, -0.1) is 0 Å². The van der Waals surface area contributed by atoms with Crippen molar-refractivity contribution in [3.05, 3.63) is 6.66 Å². The third-order valence-electron chi connectivity index (χ3n) is 5.39. The number of ether oxygens (including phenoxy) is 2. The van der Waals surface area contributed by atoms with Gasteiger partial charge in [-0.3, -0.25) is 11.5 Å². The summed E-state index contributed by atoms with van der Waals surface area (Å²) in [5, 5.41) is 40.8. The lowest BCUT2D eigenvalue weighted by Gasteiger charge is -2.39. The number of aliphatic hydroxyl groups is 4. The van der Waals surface area contributed by atoms with Crippen LogP contribution in [-0.4, -0.2) is 88.6 Å². The molecular weight excluding hydrogens is 441 g/mol. The van der Waals surface area contributed by atoms with Crippen LogP contribution < -0.4 is 5.32 Å². The van der Waals surface area contributed by atoms with Gasteiger partial charge in [0.1, 0.15) is 24.4 Å². The fourth-order valence-corrected chi connectivity index (χ4v) is 3.75. The first-order chi connectivity index (χ1) is 14.9. The molecule has 0 aromatic heterocycles. The summed E-state index contributed by atoms with van der Waals surface area (Å²) in [5.41, 5.74) is 0. The molecule has 0 aromatic carbocycles. The van der Waals surface area contributed by atoms with E-state index in [9.17, 15) is 24.7 Å². The zero-order valence-corrected chi connectivity index (χ0v) is 20.3. The highest BCUT2D eigenvalue weighted by Crippen LogP contribution is 2.57. The Labute approximate surface area is 191 Å². The van der Waals surface area contributed by atoms with Gasteiger partial charge in [0.05, 0.1) is 27.2 Å². The molecule has 1 aliphatic heterocycles. The highest BCUT2D eigenvalue weighted by Gasteiger charge is 2.43. The molecule has 11 heteroatoms. The third-order valence-corrected chi connectivity index (χ3v) is 8.04. The van der Waals surface area contributed by atoms with Crippen LogP contribution in [0.1, 0.15) is 59.3 Å². The topological polar surface area (TPSA) is 155 Å². The van der Waals surface area contributed by atoms with Gasteiger partial charge >= 0.3 is 0 Å². The van der Waals surface area contributed by atoms with E-state index in [4.69, 9.17) is 19.1 Å². The number of hydrogen-bond acceptors (Lipinski definition) is 9. The number of aliphatic hydroxyl groups excluding tert-OH is 4. The van der Waals surface area contributed by atoms with Crippen LogP contribution in [-0.2, 0) is 23.4 Å². The number of carbonyl (C=O) groups is 1. The molecule has 1 heterocycles. The van der Waals surface area contributed by atoms with E-state index in [1.165, 1.54) is 0 Å². The van der Waals surface area contributed by atoms with Crippen LogP contribution in [0.5, 0.6) is 0 Å². The fourth-order valence-electron chi connectivity index (χ4n) is 2.94. The molecule has 1 aliphatic rings. The standard InChI is InChI=1S/C21H41NO9P/c1-21(2,3)32(4,28)30-13-8-6-5-7-11-22-16(24)10-9-12-29-20-19(27)18(26)17(25)15(14-23)31-20/h15,17-20,23,25-27H,4-14H2,1-3H3,(H,22,24)/q-1/t15?,17-,18+,19?,20-,32?/m1/s1. The van der Waals surface area contributed by atoms with E-state index in [0.29, 0.717) is 19.6 Å². The van der Waals surface area contributed by atoms with E-state index >= 15 is 0 Å². The van der Waals surface area contributed by atoms with Gasteiger partial charge in [0, 0.05) is 18.1 Å². The zero-order valence-electron chi connectivity index (χ0n) is 19.4. The van der Waals surface area contributed by atoms with Crippen molar-refractivity contribution >= 4 is 13.3 Å². The number of rotatable bonds is 14. The van der Waals surface area contributed by atoms with E-state index in [0.717, 1.165) is 25.7 Å². The van der Waals surface area contributed by atoms with Gasteiger partial charge in [0.25, 0.3) is 0 Å². The Morgan fingerprint density at radius 3 is 2.31 bits per heavy atom. The molecule has 32 heavy (non-hydrogen) atoms. The van der Waals surface area contributed by atoms with Crippen molar-refractivity contribution < 1.29 is 43.8 Å². The SMILES string of the molecule is [CH2-]P(=O)(OCCCCCCNC(=O)CCCO[C@@H]1OC(CO)[C@@H](O)[C@H](O)C1O)C(C)(C)C. The van der Waals surface area contributed by atoms with Gasteiger partial charge in [-0.2, -0.15) is 0 Å². The van der Waals surface area contributed by atoms with E-state index in [-0.39, 0.29) is 18.9 Å². The number of nitrogens with one attached hydrogen (secondary N) is 1. The van der Waals surface area contributed by atoms with Crippen molar-refractivity contribution in [1.29, 1.82) is 0 Å². The van der Waals surface area contributed by atoms with Crippen molar-refractivity contribution in [2.45, 2.75) is 95.2 Å². The minimum Gasteiger partial charge on any atom is -0.394 e. The van der Waals surface area contributed by atoms with Crippen LogP contribution in [0.4, 0.5) is 0 Å². The van der Waals surface area contributed by atoms with Gasteiger partial charge in [0.15, 0.2) is 6.29 Å². The molecule has 0 radical (unpaired) electrons. The van der Waals surface area contributed by atoms with Gasteiger partial charge in [-0.25, -0.2) is 0 Å². The lowest BCUT2D eigenvalue weighted by molar-refractivity contribution is -0.301. The lowest BCUT2D eigenvalue weighted by Crippen LogP contribution is -2.59. The summed E-state index contributed by atoms with van der Waals surface area (Å²) in [4.78, 5) is 11.9. The van der Waals surface area contributed by atoms with Gasteiger partial charge < -0.3 is 44.3 Å². The first-order valence-corrected chi connectivity index (χ1v) is 13.0. The number of hydrogen-bond donors (Lipinski definition) is 5. The Kier molecular flexibility index (Phi) is 12.9. The van der Waals surface area contributed by atoms with E-state index in [1.807, 2.05) is 20.8 Å². The van der Waals surface area contributed by atoms with Crippen molar-refractivity contribution in [2.75, 3.05) is 26.4 Å². The van der Waals surface area contributed by atoms with E-state index in [1.54, 1.807) is 0 Å². The molecule has 1 rings (SSSR count). The molecule has 6 atom stereocenters. The maximum absolute atomic E-state index is 12.3. The largest absolute Gasteiger partial charge is 0.394 e. The van der Waals surface area contributed by atoms with Gasteiger partial charge in [0.2, 0.25) is 5.91 Å². The predicted octanol–water partition coefficient (Wildman–Crippen LogP) is 1.14. The molecule has 0 aromatic rings. The summed E-state index contributed by atoms with van der Waals surface area (Å²) in [7, 11) is -2.86. The molecule has 0 saturated carbocycles. The van der Waals surface area contributed by atoms with Crippen LogP contribution in [0.25, 0.3) is 0 Å². The molecule has 1 saturated heterocycles. The van der Waals surface area contributed by atoms with E-state index in [2.05, 4.69) is 12.0 Å². The fraction of sp³-hybridized carbons (Fsp3) is 0.905. The van der Waals surface area contributed by atoms with Crippen LogP contribution in [0, 0.1) is 6.66 Å². The Balaban J connectivity index is 2.06. The molecule has 190 valence electrons. The first-order valence-electron chi connectivity index (χ1n) is 11.2. The van der Waals surface area contributed by atoms with Crippen molar-refractivity contribution in [1.82, 2.24) is 5.32 Å². The van der Waals surface area contributed by atoms with Crippen LogP contribution in [0.2, 0.25) is 0 Å². The Hall–Kier alpha value is -0.580. The van der Waals surface area contributed by atoms with Crippen molar-refractivity contribution in [3.63, 3.8) is 0 Å². The normalized spacial score (nSPS) is 28.3. The Morgan fingerprint density at radius 1 is 1.03 bits per heavy atom. The summed E-state index contributed by atoms with van der Waals surface area (Å²) in [6, 6.07) is 0. The average molecular weight is 483 g/mol. The maximum Gasteiger partial charge on any atom is 0.220 e. The summed E-state index contributed by atoms with van der Waals surface area (Å²) < 4.78 is 28.3. The van der Waals surface area contributed by atoms with Crippen molar-refractivity contribution in [3.8, 4) is 0 Å². The molecule has 1 fully saturated rings. The zero-order chi connectivity index (χ0) is 24.4. The smallest absolute Gasteiger partial charge is 0.220 e. The molecule has 0 bridgehead atoms. The van der Waals surface area contributed by atoms with E-state index < -0.39 is 49.8 Å². The minimum absolute atomic E-state index is 0.112. The van der Waals surface area contributed by atoms with Crippen molar-refractivity contribution in [2.24, 2.45) is 0 Å². The highest BCUT2D eigenvalue weighted by molar-refractivity contribution is 7.61. The third kappa shape index (κ3) is 9.73. The first kappa shape index (κ1) is 29.5. The highest BCUT2D eigenvalue weighted by atomic mass is 31.2. The summed E-state index contributed by atoms with van der Waals surface area (Å²) >= 11 is 0. The number of unbranched alkanes of at least 4 members (excludes halogenated alkanes) is 3. The summed E-state index contributed by atoms with van der Waals surface area (Å²) in [6.45, 7) is 9.83. The predicted molar refractivity (Wildman–Crippen MR) is 119 cm³/mol. The van der Waals surface area contributed by atoms with Crippen LogP contribution in [0.3, 0.4) is 0 Å². The van der Waals surface area contributed by atoms with Gasteiger partial charge in [-0.1, -0.05) is 33.6 Å². The average Bonchev–Trinajstić information content (AvgIpc) is 2.71. The molecule has 0 aliphatic carbocycles. The van der Waals surface area contributed by atoms with Crippen LogP contribution in [0.15, 0.2) is 0 Å². The second-order valence-electron chi connectivity index (χ2n) is 9.11. The Morgan fingerprint density at radius 2 is 1.69 bits per heavy atom.